The van der Waals surface area contributed by atoms with Crippen molar-refractivity contribution in [2.45, 2.75) is 39.3 Å². The lowest BCUT2D eigenvalue weighted by atomic mass is 9.84. The molecule has 0 spiro atoms. The van der Waals surface area contributed by atoms with Crippen LogP contribution in [0.3, 0.4) is 0 Å². The minimum absolute atomic E-state index is 0.0122. The van der Waals surface area contributed by atoms with E-state index in [4.69, 9.17) is 9.72 Å². The first kappa shape index (κ1) is 31.4. The Labute approximate surface area is 277 Å². The zero-order valence-electron chi connectivity index (χ0n) is 27.0. The molecule has 2 aliphatic rings. The van der Waals surface area contributed by atoms with E-state index in [2.05, 4.69) is 15.7 Å². The maximum atomic E-state index is 15.4. The summed E-state index contributed by atoms with van der Waals surface area (Å²) in [7, 11) is 0. The Morgan fingerprint density at radius 3 is 2.60 bits per heavy atom. The minimum atomic E-state index is -0.572. The van der Waals surface area contributed by atoms with Gasteiger partial charge in [0, 0.05) is 60.6 Å². The second kappa shape index (κ2) is 12.5. The number of carbonyl (C=O) groups is 2. The third kappa shape index (κ3) is 5.78. The smallest absolute Gasteiger partial charge is 0.275 e. The number of carbonyl (C=O) groups excluding carboxylic acids is 2. The largest absolute Gasteiger partial charge is 0.392 e. The number of aliphatic hydroxyl groups is 1. The number of amides is 2. The van der Waals surface area contributed by atoms with Gasteiger partial charge >= 0.3 is 0 Å². The highest BCUT2D eigenvalue weighted by Gasteiger charge is 2.32. The molecule has 48 heavy (non-hydrogen) atoms. The third-order valence-electron chi connectivity index (χ3n) is 8.78. The molecule has 11 nitrogen and oxygen atoms in total. The fraction of sp³-hybridized carbons (Fsp3) is 0.278. The van der Waals surface area contributed by atoms with Gasteiger partial charge in [0.2, 0.25) is 0 Å². The number of aromatic nitrogens is 3. The van der Waals surface area contributed by atoms with Crippen molar-refractivity contribution in [1.29, 1.82) is 0 Å². The Morgan fingerprint density at radius 2 is 1.88 bits per heavy atom. The van der Waals surface area contributed by atoms with Crippen molar-refractivity contribution >= 4 is 34.7 Å². The first-order chi connectivity index (χ1) is 23.1. The number of hydrogen-bond donors (Lipinski definition) is 3. The molecule has 0 aliphatic carbocycles. The van der Waals surface area contributed by atoms with Crippen molar-refractivity contribution in [1.82, 2.24) is 24.7 Å². The number of imidazole rings is 1. The van der Waals surface area contributed by atoms with Crippen LogP contribution in [0, 0.1) is 5.82 Å². The van der Waals surface area contributed by atoms with Crippen molar-refractivity contribution in [2.75, 3.05) is 36.6 Å². The average molecular weight is 650 g/mol. The van der Waals surface area contributed by atoms with Crippen LogP contribution in [0.1, 0.15) is 58.2 Å². The van der Waals surface area contributed by atoms with Gasteiger partial charge in [0.25, 0.3) is 11.8 Å². The number of anilines is 3. The summed E-state index contributed by atoms with van der Waals surface area (Å²) in [6.45, 7) is 8.03. The maximum Gasteiger partial charge on any atom is 0.275 e. The van der Waals surface area contributed by atoms with Gasteiger partial charge in [0.1, 0.15) is 5.82 Å². The average Bonchev–Trinajstić information content (AvgIpc) is 3.57. The third-order valence-corrected chi connectivity index (χ3v) is 8.78. The van der Waals surface area contributed by atoms with Crippen molar-refractivity contribution in [3.05, 3.63) is 107 Å². The number of halogens is 1. The molecular weight excluding hydrogens is 613 g/mol. The summed E-state index contributed by atoms with van der Waals surface area (Å²) in [5.74, 6) is -0.703. The van der Waals surface area contributed by atoms with Crippen LogP contribution in [-0.2, 0) is 23.3 Å². The molecule has 1 fully saturated rings. The van der Waals surface area contributed by atoms with E-state index in [9.17, 15) is 14.7 Å². The molecule has 0 radical (unpaired) electrons. The first-order valence-corrected chi connectivity index (χ1v) is 15.8. The number of hydrogen-bond acceptors (Lipinski definition) is 8. The van der Waals surface area contributed by atoms with Crippen LogP contribution in [0.4, 0.5) is 21.6 Å². The molecule has 3 N–H and O–H groups in total. The topological polar surface area (TPSA) is 124 Å². The second-order valence-electron chi connectivity index (χ2n) is 12.9. The molecule has 0 bridgehead atoms. The van der Waals surface area contributed by atoms with E-state index in [1.165, 1.54) is 11.1 Å². The van der Waals surface area contributed by atoms with Crippen LogP contribution in [0.5, 0.6) is 0 Å². The predicted octanol–water partition coefficient (Wildman–Crippen LogP) is 5.21. The van der Waals surface area contributed by atoms with E-state index in [1.807, 2.05) is 49.4 Å². The van der Waals surface area contributed by atoms with Crippen LogP contribution >= 0.6 is 0 Å². The number of fused-ring (bicyclic) bond motifs is 2. The van der Waals surface area contributed by atoms with Crippen molar-refractivity contribution < 1.29 is 23.8 Å². The van der Waals surface area contributed by atoms with Crippen LogP contribution in [0.2, 0.25) is 0 Å². The summed E-state index contributed by atoms with van der Waals surface area (Å²) in [6.07, 6.45) is 5.25. The highest BCUT2D eigenvalue weighted by atomic mass is 19.1. The Hall–Kier alpha value is -5.17. The molecule has 2 aromatic heterocycles. The monoisotopic (exact) mass is 649 g/mol. The van der Waals surface area contributed by atoms with Gasteiger partial charge in [0.05, 0.1) is 36.8 Å². The fourth-order valence-electron chi connectivity index (χ4n) is 6.14. The zero-order valence-corrected chi connectivity index (χ0v) is 27.0. The molecule has 1 saturated heterocycles. The lowest BCUT2D eigenvalue weighted by Gasteiger charge is -2.32. The number of benzene rings is 3. The van der Waals surface area contributed by atoms with Crippen LogP contribution in [-0.4, -0.2) is 62.5 Å². The number of ether oxygens (including phenoxy) is 1. The summed E-state index contributed by atoms with van der Waals surface area (Å²) in [5.41, 5.74) is 8.05. The number of rotatable bonds is 6. The van der Waals surface area contributed by atoms with E-state index in [0.29, 0.717) is 77.1 Å². The number of hydrazine groups is 1. The van der Waals surface area contributed by atoms with Crippen molar-refractivity contribution in [2.24, 2.45) is 0 Å². The van der Waals surface area contributed by atoms with Crippen LogP contribution in [0.25, 0.3) is 16.9 Å². The predicted molar refractivity (Wildman–Crippen MR) is 180 cm³/mol. The number of morpholine rings is 1. The molecule has 4 heterocycles. The SMILES string of the molecule is CC(C)(C)c1cc(F)c2c(c1)CNN(c1cccc(-c3cn4ccnc4c(Nc4ccc(C(=O)N5CCOCC5)cc4)n3)c1CO)C2=O. The van der Waals surface area contributed by atoms with Gasteiger partial charge in [-0.3, -0.25) is 9.59 Å². The molecule has 5 aromatic rings. The summed E-state index contributed by atoms with van der Waals surface area (Å²) < 4.78 is 22.6. The number of aliphatic hydroxyl groups excluding tert-OH is 1. The summed E-state index contributed by atoms with van der Waals surface area (Å²) in [4.78, 5) is 37.8. The quantitative estimate of drug-likeness (QED) is 0.229. The Bertz CT molecular complexity index is 2030. The Balaban J connectivity index is 1.20. The molecule has 2 amide bonds. The fourth-order valence-corrected chi connectivity index (χ4v) is 6.14. The molecule has 2 aliphatic heterocycles. The Kier molecular flexibility index (Phi) is 8.15. The first-order valence-electron chi connectivity index (χ1n) is 15.8. The number of nitrogens with zero attached hydrogens (tertiary/aromatic N) is 5. The van der Waals surface area contributed by atoms with Gasteiger partial charge in [-0.15, -0.1) is 0 Å². The van der Waals surface area contributed by atoms with Gasteiger partial charge in [-0.2, -0.15) is 0 Å². The van der Waals surface area contributed by atoms with Gasteiger partial charge in [-0.05, 0) is 52.9 Å². The molecule has 12 heteroatoms. The lowest BCUT2D eigenvalue weighted by molar-refractivity contribution is 0.0303. The summed E-state index contributed by atoms with van der Waals surface area (Å²) in [5, 5.41) is 15.3. The lowest BCUT2D eigenvalue weighted by Crippen LogP contribution is -2.48. The van der Waals surface area contributed by atoms with Gasteiger partial charge in [-0.25, -0.2) is 24.8 Å². The zero-order chi connectivity index (χ0) is 33.6. The van der Waals surface area contributed by atoms with Crippen molar-refractivity contribution in [3.63, 3.8) is 0 Å². The molecule has 0 atom stereocenters. The minimum Gasteiger partial charge on any atom is -0.392 e. The molecule has 0 unspecified atom stereocenters. The Morgan fingerprint density at radius 1 is 1.10 bits per heavy atom. The van der Waals surface area contributed by atoms with Gasteiger partial charge in [0.15, 0.2) is 11.5 Å². The maximum absolute atomic E-state index is 15.4. The van der Waals surface area contributed by atoms with Gasteiger partial charge < -0.3 is 24.5 Å². The molecule has 7 rings (SSSR count). The molecule has 3 aromatic carbocycles. The van der Waals surface area contributed by atoms with E-state index in [-0.39, 0.29) is 23.4 Å². The molecule has 246 valence electrons. The van der Waals surface area contributed by atoms with Crippen molar-refractivity contribution in [3.8, 4) is 11.3 Å². The van der Waals surface area contributed by atoms with Crippen LogP contribution in [0.15, 0.2) is 73.2 Å². The van der Waals surface area contributed by atoms with Gasteiger partial charge in [-0.1, -0.05) is 39.0 Å². The highest BCUT2D eigenvalue weighted by molar-refractivity contribution is 6.08. The standard InChI is InChI=1S/C36H36FN7O4/c1-36(2,3)24-17-23-19-39-44(35(47)31(23)28(37)18-24)30-6-4-5-26(27(30)21-45)29-20-43-12-11-38-33(43)32(41-29)40-25-9-7-22(8-10-25)34(46)42-13-15-48-16-14-42/h4-12,17-18,20,39,45H,13-16,19,21H2,1-3H3,(H,40,41). The molecule has 0 saturated carbocycles. The van der Waals surface area contributed by atoms with E-state index < -0.39 is 18.3 Å². The highest BCUT2D eigenvalue weighted by Crippen LogP contribution is 2.35. The normalized spacial score (nSPS) is 15.1. The summed E-state index contributed by atoms with van der Waals surface area (Å²) >= 11 is 0. The summed E-state index contributed by atoms with van der Waals surface area (Å²) in [6, 6.07) is 15.8. The van der Waals surface area contributed by atoms with E-state index in [1.54, 1.807) is 47.8 Å². The molecular formula is C36H36FN7O4. The van der Waals surface area contributed by atoms with E-state index >= 15 is 4.39 Å². The second-order valence-corrected chi connectivity index (χ2v) is 12.9. The van der Waals surface area contributed by atoms with Crippen LogP contribution < -0.4 is 15.8 Å². The number of nitrogens with one attached hydrogen (secondary N) is 2. The van der Waals surface area contributed by atoms with E-state index in [0.717, 1.165) is 5.56 Å².